The lowest BCUT2D eigenvalue weighted by molar-refractivity contribution is -0.172. The standard InChI is InChI=1S/C95H110N18O23/c1-10-59-61-36-57(26-28-69(61)104-81-63(59)40-112-73(81)38-67-65(87(112)122)46-131-52(9)94(67,129)12-3)135-48-100-92(127)133-44-53-18-22-55(23-19-53)102-83(118)71(16-14-32-98-90(96)125)106-85(120)79(50(5)6)108-75(114)42-110(34-35-111-77(116)30-31-78(111)117)43-76(115)109-80(51(7)8)86(121)107-72(17-15-33-99-91(97)126)84(119)103-56-24-20-54(21-25-56)45-134-93(128)101-49-136-58-27-29-70-62(37-58)60(11-2)64-41-113-74(82(64)105-70)39-68-66(88(113)123)47-132-89(124)95(68,130)13-4/h18-31,36-39,50-51,71-72,79-80,129-130H,9-17,32-35,40-49H2,1-8H3,(H,100,127)(H,101,128)(H,102,118)(H,103,119)(H,106,120)(H,107,121)(H,108,114)(H,109,115)(H3,96,98,125)(H3,97,99,126)/t71-,72-,79-,80-,94+,95-/m0/s1. The number of urea groups is 2. The molecule has 8 aromatic rings. The van der Waals surface area contributed by atoms with E-state index in [0.717, 1.165) is 50.1 Å². The Morgan fingerprint density at radius 2 is 0.949 bits per heavy atom. The Morgan fingerprint density at radius 3 is 1.35 bits per heavy atom. The van der Waals surface area contributed by atoms with E-state index in [-0.39, 0.29) is 157 Å². The van der Waals surface area contributed by atoms with Crippen LogP contribution in [0.5, 0.6) is 11.5 Å². The molecule has 0 fully saturated rings. The number of aryl methyl sites for hydroxylation is 2. The summed E-state index contributed by atoms with van der Waals surface area (Å²) in [7, 11) is 0. The summed E-state index contributed by atoms with van der Waals surface area (Å²) in [4.78, 5) is 213. The molecule has 0 aliphatic carbocycles. The van der Waals surface area contributed by atoms with Crippen molar-refractivity contribution in [1.82, 2.24) is 71.4 Å². The van der Waals surface area contributed by atoms with Crippen LogP contribution in [0.25, 0.3) is 44.6 Å². The summed E-state index contributed by atoms with van der Waals surface area (Å²) in [5.41, 5.74) is 16.3. The second-order valence-corrected chi connectivity index (χ2v) is 34.1. The zero-order chi connectivity index (χ0) is 97.7. The van der Waals surface area contributed by atoms with Gasteiger partial charge in [0.25, 0.3) is 22.9 Å². The molecule has 5 aliphatic heterocycles. The van der Waals surface area contributed by atoms with E-state index in [2.05, 4.69) is 59.7 Å². The molecule has 4 aromatic carbocycles. The van der Waals surface area contributed by atoms with Crippen LogP contribution in [0, 0.1) is 11.8 Å². The first-order valence-corrected chi connectivity index (χ1v) is 44.8. The van der Waals surface area contributed by atoms with Crippen LogP contribution in [-0.2, 0) is 126 Å². The molecular weight excluding hydrogens is 1760 g/mol. The van der Waals surface area contributed by atoms with Gasteiger partial charge in [0, 0.05) is 82.7 Å². The molecule has 136 heavy (non-hydrogen) atoms. The number of hydrogen-bond acceptors (Lipinski definition) is 26. The van der Waals surface area contributed by atoms with Crippen LogP contribution in [0.3, 0.4) is 0 Å². The number of pyridine rings is 4. The quantitative estimate of drug-likeness (QED) is 0.00782. The second-order valence-electron chi connectivity index (χ2n) is 34.1. The van der Waals surface area contributed by atoms with Crippen molar-refractivity contribution < 1.29 is 101 Å². The minimum absolute atomic E-state index is 0.00442. The number of benzene rings is 4. The molecule has 9 heterocycles. The highest BCUT2D eigenvalue weighted by Gasteiger charge is 2.47. The van der Waals surface area contributed by atoms with Crippen LogP contribution in [0.2, 0.25) is 0 Å². The maximum Gasteiger partial charge on any atom is 0.410 e. The summed E-state index contributed by atoms with van der Waals surface area (Å²) < 4.78 is 36.9. The third-order valence-corrected chi connectivity index (χ3v) is 24.5. The second kappa shape index (κ2) is 42.8. The number of nitrogens with two attached hydrogens (primary N) is 2. The monoisotopic (exact) mass is 1870 g/mol. The molecule has 718 valence electrons. The van der Waals surface area contributed by atoms with E-state index < -0.39 is 138 Å². The van der Waals surface area contributed by atoms with Crippen molar-refractivity contribution in [1.29, 1.82) is 0 Å². The predicted octanol–water partition coefficient (Wildman–Crippen LogP) is 5.06. The molecule has 13 rings (SSSR count). The first-order chi connectivity index (χ1) is 65.0. The largest absolute Gasteiger partial charge is 0.490 e. The number of primary amides is 2. The molecule has 6 atom stereocenters. The Hall–Kier alpha value is -15.1. The van der Waals surface area contributed by atoms with Crippen molar-refractivity contribution in [2.45, 2.75) is 182 Å². The van der Waals surface area contributed by atoms with Gasteiger partial charge in [0.15, 0.2) is 19.1 Å². The summed E-state index contributed by atoms with van der Waals surface area (Å²) >= 11 is 0. The fourth-order valence-corrected chi connectivity index (χ4v) is 17.1. The first kappa shape index (κ1) is 98.4. The zero-order valence-corrected chi connectivity index (χ0v) is 76.4. The summed E-state index contributed by atoms with van der Waals surface area (Å²) in [5.74, 6) is -7.08. The number of imide groups is 1. The number of esters is 1. The fourth-order valence-electron chi connectivity index (χ4n) is 17.1. The molecule has 0 spiro atoms. The van der Waals surface area contributed by atoms with E-state index in [4.69, 9.17) is 49.9 Å². The van der Waals surface area contributed by atoms with Crippen LogP contribution in [0.1, 0.15) is 150 Å². The predicted molar refractivity (Wildman–Crippen MR) is 493 cm³/mol. The maximum absolute atomic E-state index is 14.4. The van der Waals surface area contributed by atoms with Crippen LogP contribution in [0.4, 0.5) is 30.6 Å². The number of cyclic esters (lactones) is 1. The molecule has 41 heteroatoms. The molecule has 4 aromatic heterocycles. The molecule has 0 saturated heterocycles. The Morgan fingerprint density at radius 1 is 0.529 bits per heavy atom. The van der Waals surface area contributed by atoms with Gasteiger partial charge in [-0.15, -0.1) is 0 Å². The van der Waals surface area contributed by atoms with Crippen molar-refractivity contribution in [3.63, 3.8) is 0 Å². The van der Waals surface area contributed by atoms with Gasteiger partial charge in [-0.3, -0.25) is 68.4 Å². The average molecular weight is 1870 g/mol. The summed E-state index contributed by atoms with van der Waals surface area (Å²) in [6.07, 6.45) is 2.06. The highest BCUT2D eigenvalue weighted by Crippen LogP contribution is 2.45. The van der Waals surface area contributed by atoms with Gasteiger partial charge >= 0.3 is 30.2 Å². The van der Waals surface area contributed by atoms with Gasteiger partial charge in [0.2, 0.25) is 35.4 Å². The number of ether oxygens (including phenoxy) is 6. The molecule has 5 aliphatic rings. The Bertz CT molecular complexity index is 5870. The van der Waals surface area contributed by atoms with Gasteiger partial charge in [0.05, 0.1) is 71.1 Å². The molecule has 0 radical (unpaired) electrons. The van der Waals surface area contributed by atoms with Crippen molar-refractivity contribution in [2.75, 3.05) is 63.4 Å². The number of aliphatic hydroxyl groups is 2. The zero-order valence-electron chi connectivity index (χ0n) is 76.4. The lowest BCUT2D eigenvalue weighted by Crippen LogP contribution is -2.57. The van der Waals surface area contributed by atoms with E-state index in [1.807, 2.05) is 26.0 Å². The molecule has 0 bridgehead atoms. The Kier molecular flexibility index (Phi) is 31.0. The van der Waals surface area contributed by atoms with Crippen LogP contribution >= 0.6 is 0 Å². The highest BCUT2D eigenvalue weighted by molar-refractivity contribution is 6.13. The number of anilines is 2. The number of carbonyl (C=O) groups excluding carboxylic acids is 13. The molecule has 16 N–H and O–H groups in total. The number of carbonyl (C=O) groups is 13. The topological polar surface area (TPSA) is 566 Å². The molecule has 14 amide bonds. The molecule has 41 nitrogen and oxygen atoms in total. The van der Waals surface area contributed by atoms with Crippen molar-refractivity contribution in [2.24, 2.45) is 23.3 Å². The van der Waals surface area contributed by atoms with Crippen molar-refractivity contribution in [3.05, 3.63) is 198 Å². The number of aromatic nitrogens is 4. The number of nitrogens with zero attached hydrogens (tertiary/aromatic N) is 6. The number of rotatable bonds is 41. The maximum atomic E-state index is 14.4. The third-order valence-electron chi connectivity index (χ3n) is 24.5. The number of nitrogens with one attached hydrogen (secondary N) is 10. The normalized spacial score (nSPS) is 16.2. The minimum atomic E-state index is -1.98. The number of alkyl carbamates (subject to hydrolysis) is 2. The summed E-state index contributed by atoms with van der Waals surface area (Å²) in [6.45, 7) is 15.2. The number of fused-ring (bicyclic) bond motifs is 10. The van der Waals surface area contributed by atoms with Gasteiger partial charge < -0.3 is 102 Å². The molecular formula is C95H110N18O23. The Balaban J connectivity index is 0.580. The SMILES string of the molecule is C=C1OCc2c(cc3n(c2=O)Cc2c-3nc3ccc(OCNC(=O)OCc4ccc(NC(=O)[C@H](CCCNC(N)=O)NC(=O)[C@@H](NC(=O)CN(CCN5C(=O)C=CC5=O)CC(=O)N[C@H](C(=O)N[C@@H](CCCNC(N)=O)C(=O)Nc5ccc(COC(=O)NCOc6ccc7nc8c(c(CC)c7c6)Cn6c-8cc7c(c6=O)COC(=O)[C@]7(O)CC)cc5)C(C)C)C(C)C)cc4)cc3c2CC)[C@@]1(O)CC. The molecule has 0 saturated carbocycles. The summed E-state index contributed by atoms with van der Waals surface area (Å²) in [6, 6.07) is 19.6. The number of amides is 14. The van der Waals surface area contributed by atoms with Crippen LogP contribution in [0.15, 0.2) is 131 Å². The van der Waals surface area contributed by atoms with E-state index >= 15 is 0 Å². The van der Waals surface area contributed by atoms with Gasteiger partial charge in [-0.05, 0) is 158 Å². The lowest BCUT2D eigenvalue weighted by Gasteiger charge is -2.35. The smallest absolute Gasteiger partial charge is 0.410 e. The van der Waals surface area contributed by atoms with Gasteiger partial charge in [0.1, 0.15) is 73.5 Å². The van der Waals surface area contributed by atoms with E-state index in [0.29, 0.717) is 80.4 Å². The van der Waals surface area contributed by atoms with E-state index in [9.17, 15) is 82.1 Å². The van der Waals surface area contributed by atoms with Crippen molar-refractivity contribution in [3.8, 4) is 34.3 Å². The van der Waals surface area contributed by atoms with Gasteiger partial charge in [-0.25, -0.2) is 33.9 Å². The average Bonchev–Trinajstić information content (AvgIpc) is 1.55. The highest BCUT2D eigenvalue weighted by atomic mass is 16.6. The summed E-state index contributed by atoms with van der Waals surface area (Å²) in [5, 5.41) is 50.8. The van der Waals surface area contributed by atoms with Gasteiger partial charge in [-0.1, -0.05) is 86.2 Å². The van der Waals surface area contributed by atoms with Crippen LogP contribution in [-0.4, -0.2) is 193 Å². The first-order valence-electron chi connectivity index (χ1n) is 44.8. The van der Waals surface area contributed by atoms with Crippen LogP contribution < -0.4 is 85.2 Å². The van der Waals surface area contributed by atoms with E-state index in [1.54, 1.807) is 111 Å². The van der Waals surface area contributed by atoms with E-state index in [1.165, 1.54) is 29.2 Å². The number of hydrogen-bond donors (Lipinski definition) is 14. The van der Waals surface area contributed by atoms with Crippen molar-refractivity contribution >= 4 is 111 Å². The lowest BCUT2D eigenvalue weighted by atomic mass is 9.84. The minimum Gasteiger partial charge on any atom is -0.490 e. The van der Waals surface area contributed by atoms with Gasteiger partial charge in [-0.2, -0.15) is 0 Å². The fraction of sp³-hybridized carbons (Fsp3) is 0.400. The molecule has 0 unspecified atom stereocenters. The Labute approximate surface area is 779 Å². The third kappa shape index (κ3) is 22.2.